The van der Waals surface area contributed by atoms with Crippen LogP contribution in [0.5, 0.6) is 0 Å². The van der Waals surface area contributed by atoms with Gasteiger partial charge in [0, 0.05) is 0 Å². The first-order chi connectivity index (χ1) is 4.86. The van der Waals surface area contributed by atoms with Gasteiger partial charge in [0.2, 0.25) is 0 Å². The van der Waals surface area contributed by atoms with Crippen LogP contribution in [0, 0.1) is 0 Å². The number of rotatable bonds is 0. The molecule has 2 unspecified atom stereocenters. The fourth-order valence-electron chi connectivity index (χ4n) is 1.50. The van der Waals surface area contributed by atoms with E-state index in [1.54, 1.807) is 0 Å². The van der Waals surface area contributed by atoms with Crippen molar-refractivity contribution in [3.8, 4) is 0 Å². The SMILES string of the molecule is S=C1NC2C=CCCC2N1. The van der Waals surface area contributed by atoms with E-state index in [1.807, 2.05) is 0 Å². The van der Waals surface area contributed by atoms with Crippen molar-refractivity contribution in [2.75, 3.05) is 0 Å². The molecule has 10 heavy (non-hydrogen) atoms. The summed E-state index contributed by atoms with van der Waals surface area (Å²) in [5, 5.41) is 7.22. The van der Waals surface area contributed by atoms with Crippen LogP contribution in [0.4, 0.5) is 0 Å². The van der Waals surface area contributed by atoms with Crippen LogP contribution < -0.4 is 10.6 Å². The largest absolute Gasteiger partial charge is 0.358 e. The van der Waals surface area contributed by atoms with E-state index in [-0.39, 0.29) is 0 Å². The summed E-state index contributed by atoms with van der Waals surface area (Å²) in [6.07, 6.45) is 6.79. The highest BCUT2D eigenvalue weighted by atomic mass is 32.1. The third-order valence-corrected chi connectivity index (χ3v) is 2.27. The summed E-state index contributed by atoms with van der Waals surface area (Å²) in [6.45, 7) is 0. The zero-order chi connectivity index (χ0) is 6.97. The van der Waals surface area contributed by atoms with E-state index in [0.717, 1.165) is 5.11 Å². The molecule has 3 heteroatoms. The fraction of sp³-hybridized carbons (Fsp3) is 0.571. The number of nitrogens with one attached hydrogen (secondary N) is 2. The summed E-state index contributed by atoms with van der Waals surface area (Å²) in [4.78, 5) is 0. The zero-order valence-electron chi connectivity index (χ0n) is 5.63. The number of thiocarbonyl (C=S) groups is 1. The van der Waals surface area contributed by atoms with Gasteiger partial charge >= 0.3 is 0 Å². The minimum Gasteiger partial charge on any atom is -0.358 e. The quantitative estimate of drug-likeness (QED) is 0.393. The first-order valence-electron chi connectivity index (χ1n) is 3.60. The van der Waals surface area contributed by atoms with Gasteiger partial charge in [0.25, 0.3) is 0 Å². The van der Waals surface area contributed by atoms with Crippen LogP contribution in [0.25, 0.3) is 0 Å². The second-order valence-electron chi connectivity index (χ2n) is 2.76. The molecule has 0 saturated carbocycles. The number of fused-ring (bicyclic) bond motifs is 1. The average molecular weight is 154 g/mol. The Balaban J connectivity index is 2.15. The zero-order valence-corrected chi connectivity index (χ0v) is 6.45. The molecule has 0 radical (unpaired) electrons. The van der Waals surface area contributed by atoms with E-state index < -0.39 is 0 Å². The molecular weight excluding hydrogens is 144 g/mol. The van der Waals surface area contributed by atoms with Gasteiger partial charge in [-0.1, -0.05) is 12.2 Å². The Kier molecular flexibility index (Phi) is 1.38. The molecule has 2 aliphatic rings. The molecule has 0 spiro atoms. The normalized spacial score (nSPS) is 36.6. The first kappa shape index (κ1) is 6.16. The van der Waals surface area contributed by atoms with Gasteiger partial charge in [0.15, 0.2) is 5.11 Å². The lowest BCUT2D eigenvalue weighted by Crippen LogP contribution is -2.33. The van der Waals surface area contributed by atoms with Crippen molar-refractivity contribution in [1.82, 2.24) is 10.6 Å². The van der Waals surface area contributed by atoms with Crippen molar-refractivity contribution in [2.45, 2.75) is 24.9 Å². The van der Waals surface area contributed by atoms with Gasteiger partial charge < -0.3 is 10.6 Å². The third kappa shape index (κ3) is 0.904. The molecule has 1 fully saturated rings. The number of allylic oxidation sites excluding steroid dienone is 1. The Morgan fingerprint density at radius 1 is 1.50 bits per heavy atom. The predicted octanol–water partition coefficient (Wildman–Crippen LogP) is 0.551. The topological polar surface area (TPSA) is 24.1 Å². The highest BCUT2D eigenvalue weighted by Crippen LogP contribution is 2.14. The maximum absolute atomic E-state index is 4.98. The Morgan fingerprint density at radius 2 is 2.40 bits per heavy atom. The molecule has 1 saturated heterocycles. The van der Waals surface area contributed by atoms with Crippen molar-refractivity contribution < 1.29 is 0 Å². The van der Waals surface area contributed by atoms with E-state index >= 15 is 0 Å². The van der Waals surface area contributed by atoms with Gasteiger partial charge in [-0.3, -0.25) is 0 Å². The molecule has 1 aliphatic carbocycles. The van der Waals surface area contributed by atoms with Gasteiger partial charge in [0.05, 0.1) is 12.1 Å². The van der Waals surface area contributed by atoms with Crippen LogP contribution in [0.2, 0.25) is 0 Å². The molecule has 0 aromatic rings. The van der Waals surface area contributed by atoms with Crippen LogP contribution >= 0.6 is 12.2 Å². The molecule has 2 atom stereocenters. The minimum absolute atomic E-state index is 0.459. The maximum atomic E-state index is 4.98. The lowest BCUT2D eigenvalue weighted by atomic mass is 9.99. The molecule has 0 amide bonds. The fourth-order valence-corrected chi connectivity index (χ4v) is 1.79. The molecule has 54 valence electrons. The smallest absolute Gasteiger partial charge is 0.167 e. The average Bonchev–Trinajstić information content (AvgIpc) is 2.27. The lowest BCUT2D eigenvalue weighted by molar-refractivity contribution is 0.524. The Hall–Kier alpha value is -0.570. The van der Waals surface area contributed by atoms with Crippen LogP contribution in [-0.4, -0.2) is 17.2 Å². The molecule has 1 heterocycles. The highest BCUT2D eigenvalue weighted by molar-refractivity contribution is 7.80. The maximum Gasteiger partial charge on any atom is 0.167 e. The molecule has 1 aliphatic heterocycles. The van der Waals surface area contributed by atoms with Crippen LogP contribution in [0.3, 0.4) is 0 Å². The van der Waals surface area contributed by atoms with Crippen molar-refractivity contribution in [3.05, 3.63) is 12.2 Å². The van der Waals surface area contributed by atoms with Crippen molar-refractivity contribution in [1.29, 1.82) is 0 Å². The van der Waals surface area contributed by atoms with Gasteiger partial charge in [-0.25, -0.2) is 0 Å². The van der Waals surface area contributed by atoms with Gasteiger partial charge in [-0.2, -0.15) is 0 Å². The molecule has 2 nitrogen and oxygen atoms in total. The van der Waals surface area contributed by atoms with Crippen LogP contribution in [0.1, 0.15) is 12.8 Å². The van der Waals surface area contributed by atoms with E-state index in [0.29, 0.717) is 12.1 Å². The first-order valence-corrected chi connectivity index (χ1v) is 4.01. The summed E-state index contributed by atoms with van der Waals surface area (Å²) in [5.74, 6) is 0. The van der Waals surface area contributed by atoms with E-state index in [9.17, 15) is 0 Å². The predicted molar refractivity (Wildman–Crippen MR) is 44.8 cm³/mol. The standard InChI is InChI=1S/C7H10N2S/c10-7-8-5-3-1-2-4-6(5)9-7/h1,3,5-6H,2,4H2,(H2,8,9,10). The summed E-state index contributed by atoms with van der Waals surface area (Å²) < 4.78 is 0. The van der Waals surface area contributed by atoms with E-state index in [2.05, 4.69) is 22.8 Å². The molecule has 0 aromatic heterocycles. The molecular formula is C7H10N2S. The van der Waals surface area contributed by atoms with Crippen molar-refractivity contribution in [2.24, 2.45) is 0 Å². The number of hydrogen-bond acceptors (Lipinski definition) is 1. The van der Waals surface area contributed by atoms with Gasteiger partial charge in [0.1, 0.15) is 0 Å². The molecule has 2 rings (SSSR count). The van der Waals surface area contributed by atoms with Crippen molar-refractivity contribution in [3.63, 3.8) is 0 Å². The van der Waals surface area contributed by atoms with E-state index in [4.69, 9.17) is 12.2 Å². The third-order valence-electron chi connectivity index (χ3n) is 2.04. The number of hydrogen-bond donors (Lipinski definition) is 2. The highest BCUT2D eigenvalue weighted by Gasteiger charge is 2.28. The van der Waals surface area contributed by atoms with Gasteiger partial charge in [-0.15, -0.1) is 0 Å². The summed E-state index contributed by atoms with van der Waals surface area (Å²) in [6, 6.07) is 1.01. The van der Waals surface area contributed by atoms with Gasteiger partial charge in [-0.05, 0) is 25.1 Å². The Labute approximate surface area is 65.7 Å². The van der Waals surface area contributed by atoms with E-state index in [1.165, 1.54) is 12.8 Å². The lowest BCUT2D eigenvalue weighted by Gasteiger charge is -2.17. The monoisotopic (exact) mass is 154 g/mol. The minimum atomic E-state index is 0.459. The molecule has 0 aromatic carbocycles. The Bertz CT molecular complexity index is 188. The second kappa shape index (κ2) is 2.23. The van der Waals surface area contributed by atoms with Crippen LogP contribution in [0.15, 0.2) is 12.2 Å². The molecule has 0 bridgehead atoms. The molecule has 2 N–H and O–H groups in total. The summed E-state index contributed by atoms with van der Waals surface area (Å²) >= 11 is 4.98. The summed E-state index contributed by atoms with van der Waals surface area (Å²) in [5.41, 5.74) is 0. The Morgan fingerprint density at radius 3 is 3.20 bits per heavy atom. The summed E-state index contributed by atoms with van der Waals surface area (Å²) in [7, 11) is 0. The second-order valence-corrected chi connectivity index (χ2v) is 3.16. The van der Waals surface area contributed by atoms with Crippen molar-refractivity contribution >= 4 is 17.3 Å². The van der Waals surface area contributed by atoms with Crippen LogP contribution in [-0.2, 0) is 0 Å².